The van der Waals surface area contributed by atoms with Crippen LogP contribution in [-0.2, 0) is 19.1 Å². The molecule has 0 saturated carbocycles. The second kappa shape index (κ2) is 10.1. The topological polar surface area (TPSA) is 65.1 Å². The first-order valence-electron chi connectivity index (χ1n) is 9.98. The lowest BCUT2D eigenvalue weighted by Crippen LogP contribution is -2.49. The van der Waals surface area contributed by atoms with Gasteiger partial charge in [-0.05, 0) is 31.6 Å². The SMILES string of the molecule is COc1ccccc1/C=C(/C(=O)OCC(=O)N1CC(C)OC(C)C1)c1ccccc1. The van der Waals surface area contributed by atoms with E-state index in [4.69, 9.17) is 14.2 Å². The highest BCUT2D eigenvalue weighted by molar-refractivity contribution is 6.22. The van der Waals surface area contributed by atoms with Gasteiger partial charge < -0.3 is 19.1 Å². The third kappa shape index (κ3) is 5.48. The summed E-state index contributed by atoms with van der Waals surface area (Å²) in [5.74, 6) is -0.143. The molecular weight excluding hydrogens is 382 g/mol. The van der Waals surface area contributed by atoms with Crippen molar-refractivity contribution < 1.29 is 23.8 Å². The molecule has 6 heteroatoms. The number of morpholine rings is 1. The Morgan fingerprint density at radius 3 is 2.33 bits per heavy atom. The Bertz CT molecular complexity index is 899. The Balaban J connectivity index is 1.78. The van der Waals surface area contributed by atoms with Crippen LogP contribution in [0.25, 0.3) is 11.6 Å². The van der Waals surface area contributed by atoms with E-state index in [0.29, 0.717) is 30.0 Å². The molecule has 3 rings (SSSR count). The zero-order valence-corrected chi connectivity index (χ0v) is 17.5. The van der Waals surface area contributed by atoms with Crippen LogP contribution in [0.4, 0.5) is 0 Å². The largest absolute Gasteiger partial charge is 0.496 e. The van der Waals surface area contributed by atoms with Gasteiger partial charge in [-0.1, -0.05) is 48.5 Å². The van der Waals surface area contributed by atoms with Crippen molar-refractivity contribution >= 4 is 23.5 Å². The lowest BCUT2D eigenvalue weighted by molar-refractivity contribution is -0.154. The summed E-state index contributed by atoms with van der Waals surface area (Å²) in [6, 6.07) is 16.6. The number of esters is 1. The van der Waals surface area contributed by atoms with Crippen LogP contribution in [0.5, 0.6) is 5.75 Å². The van der Waals surface area contributed by atoms with E-state index in [9.17, 15) is 9.59 Å². The lowest BCUT2D eigenvalue weighted by Gasteiger charge is -2.35. The summed E-state index contributed by atoms with van der Waals surface area (Å²) in [4.78, 5) is 27.2. The minimum Gasteiger partial charge on any atom is -0.496 e. The van der Waals surface area contributed by atoms with Gasteiger partial charge in [0.25, 0.3) is 5.91 Å². The van der Waals surface area contributed by atoms with Crippen molar-refractivity contribution in [2.45, 2.75) is 26.1 Å². The van der Waals surface area contributed by atoms with Crippen molar-refractivity contribution in [2.24, 2.45) is 0 Å². The van der Waals surface area contributed by atoms with Gasteiger partial charge in [0.05, 0.1) is 24.9 Å². The van der Waals surface area contributed by atoms with Gasteiger partial charge >= 0.3 is 5.97 Å². The van der Waals surface area contributed by atoms with Crippen LogP contribution in [-0.4, -0.2) is 55.8 Å². The Morgan fingerprint density at radius 2 is 1.67 bits per heavy atom. The highest BCUT2D eigenvalue weighted by atomic mass is 16.5. The number of methoxy groups -OCH3 is 1. The molecule has 1 heterocycles. The van der Waals surface area contributed by atoms with Gasteiger partial charge in [0.2, 0.25) is 0 Å². The molecule has 6 nitrogen and oxygen atoms in total. The van der Waals surface area contributed by atoms with Crippen LogP contribution < -0.4 is 4.74 Å². The molecule has 30 heavy (non-hydrogen) atoms. The fourth-order valence-corrected chi connectivity index (χ4v) is 3.50. The summed E-state index contributed by atoms with van der Waals surface area (Å²) in [6.45, 7) is 4.51. The lowest BCUT2D eigenvalue weighted by atomic mass is 10.0. The molecule has 2 aromatic rings. The number of nitrogens with zero attached hydrogens (tertiary/aromatic N) is 1. The standard InChI is InChI=1S/C24H27NO5/c1-17-14-25(15-18(2)30-17)23(26)16-29-24(27)21(19-9-5-4-6-10-19)13-20-11-7-8-12-22(20)28-3/h4-13,17-18H,14-16H2,1-3H3/b21-13+. The van der Waals surface area contributed by atoms with Crippen molar-refractivity contribution in [3.05, 3.63) is 65.7 Å². The Labute approximate surface area is 177 Å². The summed E-state index contributed by atoms with van der Waals surface area (Å²) >= 11 is 0. The average Bonchev–Trinajstić information content (AvgIpc) is 2.75. The first kappa shape index (κ1) is 21.6. The number of rotatable bonds is 6. The molecule has 0 spiro atoms. The molecular formula is C24H27NO5. The maximum Gasteiger partial charge on any atom is 0.339 e. The highest BCUT2D eigenvalue weighted by Gasteiger charge is 2.27. The van der Waals surface area contributed by atoms with Gasteiger partial charge in [-0.15, -0.1) is 0 Å². The monoisotopic (exact) mass is 409 g/mol. The number of ether oxygens (including phenoxy) is 3. The summed E-state index contributed by atoms with van der Waals surface area (Å²) in [6.07, 6.45) is 1.64. The van der Waals surface area contributed by atoms with E-state index >= 15 is 0 Å². The van der Waals surface area contributed by atoms with Crippen LogP contribution in [0.3, 0.4) is 0 Å². The van der Waals surface area contributed by atoms with E-state index in [2.05, 4.69) is 0 Å². The number of hydrogen-bond acceptors (Lipinski definition) is 5. The van der Waals surface area contributed by atoms with Crippen LogP contribution in [0.2, 0.25) is 0 Å². The molecule has 0 aliphatic carbocycles. The summed E-state index contributed by atoms with van der Waals surface area (Å²) in [5, 5.41) is 0. The van der Waals surface area contributed by atoms with E-state index in [-0.39, 0.29) is 24.7 Å². The minimum absolute atomic E-state index is 0.0428. The summed E-state index contributed by atoms with van der Waals surface area (Å²) in [7, 11) is 1.58. The molecule has 1 fully saturated rings. The molecule has 2 unspecified atom stereocenters. The van der Waals surface area contributed by atoms with E-state index < -0.39 is 5.97 Å². The summed E-state index contributed by atoms with van der Waals surface area (Å²) < 4.78 is 16.5. The summed E-state index contributed by atoms with van der Waals surface area (Å²) in [5.41, 5.74) is 1.81. The van der Waals surface area contributed by atoms with Crippen LogP contribution in [0, 0.1) is 0 Å². The predicted molar refractivity (Wildman–Crippen MR) is 115 cm³/mol. The van der Waals surface area contributed by atoms with Crippen molar-refractivity contribution in [2.75, 3.05) is 26.8 Å². The van der Waals surface area contributed by atoms with Gasteiger partial charge in [-0.2, -0.15) is 0 Å². The number of carbonyl (C=O) groups excluding carboxylic acids is 2. The van der Waals surface area contributed by atoms with Gasteiger partial charge in [0.1, 0.15) is 5.75 Å². The second-order valence-electron chi connectivity index (χ2n) is 7.30. The van der Waals surface area contributed by atoms with Crippen molar-refractivity contribution in [3.8, 4) is 5.75 Å². The maximum atomic E-state index is 12.9. The fraction of sp³-hybridized carbons (Fsp3) is 0.333. The van der Waals surface area contributed by atoms with E-state index in [1.807, 2.05) is 68.4 Å². The molecule has 1 saturated heterocycles. The van der Waals surface area contributed by atoms with Gasteiger partial charge in [-0.3, -0.25) is 4.79 Å². The number of amides is 1. The maximum absolute atomic E-state index is 12.9. The molecule has 1 aliphatic rings. The Morgan fingerprint density at radius 1 is 1.03 bits per heavy atom. The quantitative estimate of drug-likeness (QED) is 0.416. The number of benzene rings is 2. The van der Waals surface area contributed by atoms with Crippen molar-refractivity contribution in [3.63, 3.8) is 0 Å². The van der Waals surface area contributed by atoms with Gasteiger partial charge in [0.15, 0.2) is 6.61 Å². The molecule has 0 aromatic heterocycles. The first-order valence-corrected chi connectivity index (χ1v) is 9.98. The van der Waals surface area contributed by atoms with Crippen LogP contribution in [0.15, 0.2) is 54.6 Å². The van der Waals surface area contributed by atoms with Gasteiger partial charge in [0, 0.05) is 18.7 Å². The van der Waals surface area contributed by atoms with E-state index in [1.165, 1.54) is 0 Å². The highest BCUT2D eigenvalue weighted by Crippen LogP contribution is 2.25. The zero-order chi connectivity index (χ0) is 21.5. The molecule has 2 aromatic carbocycles. The number of hydrogen-bond donors (Lipinski definition) is 0. The molecule has 0 N–H and O–H groups in total. The van der Waals surface area contributed by atoms with Crippen molar-refractivity contribution in [1.82, 2.24) is 4.90 Å². The average molecular weight is 409 g/mol. The number of para-hydroxylation sites is 1. The molecule has 2 atom stereocenters. The smallest absolute Gasteiger partial charge is 0.339 e. The van der Waals surface area contributed by atoms with E-state index in [1.54, 1.807) is 18.1 Å². The third-order valence-electron chi connectivity index (χ3n) is 4.84. The zero-order valence-electron chi connectivity index (χ0n) is 17.5. The minimum atomic E-state index is -0.560. The normalized spacial score (nSPS) is 19.3. The fourth-order valence-electron chi connectivity index (χ4n) is 3.50. The molecule has 158 valence electrons. The van der Waals surface area contributed by atoms with Crippen LogP contribution in [0.1, 0.15) is 25.0 Å². The Kier molecular flexibility index (Phi) is 7.25. The molecule has 1 aliphatic heterocycles. The first-order chi connectivity index (χ1) is 14.5. The molecule has 0 bridgehead atoms. The van der Waals surface area contributed by atoms with Crippen molar-refractivity contribution in [1.29, 1.82) is 0 Å². The van der Waals surface area contributed by atoms with Gasteiger partial charge in [-0.25, -0.2) is 4.79 Å². The molecule has 1 amide bonds. The third-order valence-corrected chi connectivity index (χ3v) is 4.84. The molecule has 0 radical (unpaired) electrons. The predicted octanol–water partition coefficient (Wildman–Crippen LogP) is 3.41. The van der Waals surface area contributed by atoms with Crippen LogP contribution >= 0.6 is 0 Å². The number of carbonyl (C=O) groups is 2. The van der Waals surface area contributed by atoms with E-state index in [0.717, 1.165) is 5.56 Å². The Hall–Kier alpha value is -3.12. The second-order valence-corrected chi connectivity index (χ2v) is 7.30.